The van der Waals surface area contributed by atoms with Crippen molar-refractivity contribution in [3.8, 4) is 6.07 Å². The first-order chi connectivity index (χ1) is 8.82. The second-order valence-corrected chi connectivity index (χ2v) is 6.49. The summed E-state index contributed by atoms with van der Waals surface area (Å²) >= 11 is 0. The Labute approximate surface area is 116 Å². The van der Waals surface area contributed by atoms with Gasteiger partial charge in [0.25, 0.3) is 0 Å². The fraction of sp³-hybridized carbons (Fsp3) is 0.857. The molecule has 0 spiro atoms. The van der Waals surface area contributed by atoms with Gasteiger partial charge in [0.15, 0.2) is 0 Å². The van der Waals surface area contributed by atoms with E-state index in [1.807, 2.05) is 11.9 Å². The topological polar surface area (TPSA) is 82.2 Å². The van der Waals surface area contributed by atoms with Crippen molar-refractivity contribution in [3.05, 3.63) is 0 Å². The molecule has 108 valence electrons. The van der Waals surface area contributed by atoms with Crippen LogP contribution in [-0.4, -0.2) is 43.0 Å². The van der Waals surface area contributed by atoms with E-state index >= 15 is 0 Å². The van der Waals surface area contributed by atoms with Gasteiger partial charge in [-0.1, -0.05) is 13.8 Å². The second kappa shape index (κ2) is 6.36. The minimum Gasteiger partial charge on any atom is -0.337 e. The standard InChI is InChI=1S/C14H26N4O/c1-13(2,9-15)11-18(3)8-12(19)17-14(10-16)6-4-5-7-14/h4-9,11,15H2,1-3H3,(H,17,19). The highest BCUT2D eigenvalue weighted by molar-refractivity contribution is 5.79. The van der Waals surface area contributed by atoms with Crippen LogP contribution in [0.3, 0.4) is 0 Å². The zero-order valence-electron chi connectivity index (χ0n) is 12.3. The van der Waals surface area contributed by atoms with Gasteiger partial charge in [-0.05, 0) is 44.7 Å². The molecule has 0 radical (unpaired) electrons. The number of nitrogens with one attached hydrogen (secondary N) is 1. The van der Waals surface area contributed by atoms with Gasteiger partial charge in [-0.3, -0.25) is 9.69 Å². The molecule has 1 aliphatic rings. The Balaban J connectivity index is 2.45. The van der Waals surface area contributed by atoms with Crippen LogP contribution >= 0.6 is 0 Å². The molecule has 0 aromatic heterocycles. The minimum absolute atomic E-state index is 0.00466. The molecule has 0 bridgehead atoms. The molecule has 0 aromatic carbocycles. The number of nitrogens with zero attached hydrogens (tertiary/aromatic N) is 2. The van der Waals surface area contributed by atoms with Gasteiger partial charge in [0.2, 0.25) is 5.91 Å². The van der Waals surface area contributed by atoms with E-state index in [1.165, 1.54) is 0 Å². The lowest BCUT2D eigenvalue weighted by Crippen LogP contribution is -2.49. The molecule has 0 heterocycles. The molecular formula is C14H26N4O. The molecule has 1 rings (SSSR count). The molecule has 0 saturated heterocycles. The molecule has 19 heavy (non-hydrogen) atoms. The predicted molar refractivity (Wildman–Crippen MR) is 75.3 cm³/mol. The smallest absolute Gasteiger partial charge is 0.235 e. The van der Waals surface area contributed by atoms with E-state index in [0.717, 1.165) is 32.2 Å². The first-order valence-electron chi connectivity index (χ1n) is 6.93. The first-order valence-corrected chi connectivity index (χ1v) is 6.93. The Bertz CT molecular complexity index is 353. The van der Waals surface area contributed by atoms with Crippen LogP contribution < -0.4 is 11.1 Å². The van der Waals surface area contributed by atoms with Crippen molar-refractivity contribution in [3.63, 3.8) is 0 Å². The maximum atomic E-state index is 12.0. The van der Waals surface area contributed by atoms with E-state index in [0.29, 0.717) is 13.1 Å². The number of likely N-dealkylation sites (N-methyl/N-ethyl adjacent to an activating group) is 1. The Morgan fingerprint density at radius 3 is 2.53 bits per heavy atom. The van der Waals surface area contributed by atoms with Crippen LogP contribution in [0, 0.1) is 16.7 Å². The summed E-state index contributed by atoms with van der Waals surface area (Å²) in [6.07, 6.45) is 3.58. The van der Waals surface area contributed by atoms with E-state index in [9.17, 15) is 10.1 Å². The van der Waals surface area contributed by atoms with Crippen LogP contribution in [0.1, 0.15) is 39.5 Å². The third-order valence-corrected chi connectivity index (χ3v) is 3.71. The van der Waals surface area contributed by atoms with Crippen molar-refractivity contribution in [2.75, 3.05) is 26.7 Å². The molecule has 1 fully saturated rings. The second-order valence-electron chi connectivity index (χ2n) is 6.49. The average molecular weight is 266 g/mol. The monoisotopic (exact) mass is 266 g/mol. The summed E-state index contributed by atoms with van der Waals surface area (Å²) in [6.45, 7) is 5.81. The normalized spacial score (nSPS) is 18.3. The molecule has 5 heteroatoms. The summed E-state index contributed by atoms with van der Waals surface area (Å²) in [5, 5.41) is 12.1. The van der Waals surface area contributed by atoms with E-state index in [2.05, 4.69) is 25.2 Å². The number of hydrogen-bond donors (Lipinski definition) is 2. The van der Waals surface area contributed by atoms with Crippen LogP contribution in [-0.2, 0) is 4.79 Å². The van der Waals surface area contributed by atoms with Crippen molar-refractivity contribution in [2.45, 2.75) is 45.1 Å². The maximum absolute atomic E-state index is 12.0. The molecular weight excluding hydrogens is 240 g/mol. The van der Waals surface area contributed by atoms with Gasteiger partial charge in [-0.25, -0.2) is 0 Å². The van der Waals surface area contributed by atoms with Gasteiger partial charge < -0.3 is 11.1 Å². The third-order valence-electron chi connectivity index (χ3n) is 3.71. The Morgan fingerprint density at radius 1 is 1.47 bits per heavy atom. The highest BCUT2D eigenvalue weighted by Crippen LogP contribution is 2.28. The lowest BCUT2D eigenvalue weighted by Gasteiger charge is -2.29. The van der Waals surface area contributed by atoms with Gasteiger partial charge in [0.05, 0.1) is 12.6 Å². The average Bonchev–Trinajstić information content (AvgIpc) is 2.77. The number of amides is 1. The van der Waals surface area contributed by atoms with Crippen molar-refractivity contribution in [1.82, 2.24) is 10.2 Å². The van der Waals surface area contributed by atoms with E-state index < -0.39 is 5.54 Å². The first kappa shape index (κ1) is 15.9. The van der Waals surface area contributed by atoms with Gasteiger partial charge in [-0.15, -0.1) is 0 Å². The van der Waals surface area contributed by atoms with Crippen LogP contribution in [0.4, 0.5) is 0 Å². The van der Waals surface area contributed by atoms with Crippen LogP contribution in [0.5, 0.6) is 0 Å². The van der Waals surface area contributed by atoms with Gasteiger partial charge in [0, 0.05) is 6.54 Å². The Kier molecular flexibility index (Phi) is 5.33. The fourth-order valence-electron chi connectivity index (χ4n) is 2.65. The van der Waals surface area contributed by atoms with Crippen LogP contribution in [0.2, 0.25) is 0 Å². The minimum atomic E-state index is -0.624. The number of nitrogens with two attached hydrogens (primary N) is 1. The summed E-state index contributed by atoms with van der Waals surface area (Å²) < 4.78 is 0. The van der Waals surface area contributed by atoms with Crippen molar-refractivity contribution < 1.29 is 4.79 Å². The van der Waals surface area contributed by atoms with Crippen molar-refractivity contribution >= 4 is 5.91 Å². The molecule has 0 unspecified atom stereocenters. The number of carbonyl (C=O) groups is 1. The number of rotatable bonds is 6. The summed E-state index contributed by atoms with van der Waals surface area (Å²) in [5.74, 6) is -0.0706. The fourth-order valence-corrected chi connectivity index (χ4v) is 2.65. The molecule has 0 aromatic rings. The molecule has 5 nitrogen and oxygen atoms in total. The van der Waals surface area contributed by atoms with E-state index in [1.54, 1.807) is 0 Å². The lowest BCUT2D eigenvalue weighted by atomic mass is 9.93. The Morgan fingerprint density at radius 2 is 2.05 bits per heavy atom. The predicted octanol–water partition coefficient (Wildman–Crippen LogP) is 0.856. The summed E-state index contributed by atoms with van der Waals surface area (Å²) in [7, 11) is 1.91. The SMILES string of the molecule is CN(CC(=O)NC1(C#N)CCCC1)CC(C)(C)CN. The molecule has 0 aliphatic heterocycles. The van der Waals surface area contributed by atoms with Crippen molar-refractivity contribution in [2.24, 2.45) is 11.1 Å². The highest BCUT2D eigenvalue weighted by atomic mass is 16.2. The zero-order chi connectivity index (χ0) is 14.5. The largest absolute Gasteiger partial charge is 0.337 e. The Hall–Kier alpha value is -1.12. The molecule has 1 aliphatic carbocycles. The van der Waals surface area contributed by atoms with Crippen LogP contribution in [0.15, 0.2) is 0 Å². The summed E-state index contributed by atoms with van der Waals surface area (Å²) in [4.78, 5) is 14.0. The highest BCUT2D eigenvalue weighted by Gasteiger charge is 2.35. The molecule has 1 amide bonds. The quantitative estimate of drug-likeness (QED) is 0.747. The molecule has 0 atom stereocenters. The van der Waals surface area contributed by atoms with Gasteiger partial charge >= 0.3 is 0 Å². The number of nitriles is 1. The number of hydrogen-bond acceptors (Lipinski definition) is 4. The molecule has 1 saturated carbocycles. The van der Waals surface area contributed by atoms with Gasteiger partial charge in [-0.2, -0.15) is 5.26 Å². The molecule has 3 N–H and O–H groups in total. The third kappa shape index (κ3) is 4.81. The van der Waals surface area contributed by atoms with E-state index in [4.69, 9.17) is 5.73 Å². The maximum Gasteiger partial charge on any atom is 0.235 e. The summed E-state index contributed by atoms with van der Waals surface area (Å²) in [6, 6.07) is 2.27. The van der Waals surface area contributed by atoms with Crippen LogP contribution in [0.25, 0.3) is 0 Å². The number of carbonyl (C=O) groups excluding carboxylic acids is 1. The van der Waals surface area contributed by atoms with E-state index in [-0.39, 0.29) is 11.3 Å². The van der Waals surface area contributed by atoms with Crippen molar-refractivity contribution in [1.29, 1.82) is 5.26 Å². The lowest BCUT2D eigenvalue weighted by molar-refractivity contribution is -0.123. The summed E-state index contributed by atoms with van der Waals surface area (Å²) in [5.41, 5.74) is 5.06. The van der Waals surface area contributed by atoms with Gasteiger partial charge in [0.1, 0.15) is 5.54 Å². The zero-order valence-corrected chi connectivity index (χ0v) is 12.3.